The number of hydrogen-bond donors (Lipinski definition) is 2. The molecule has 8 nitrogen and oxygen atoms in total. The first kappa shape index (κ1) is 19.6. The number of fused-ring (bicyclic) bond motifs is 1. The summed E-state index contributed by atoms with van der Waals surface area (Å²) >= 11 is 0. The van der Waals surface area contributed by atoms with Crippen molar-refractivity contribution in [3.05, 3.63) is 34.9 Å². The van der Waals surface area contributed by atoms with Crippen LogP contribution in [0, 0.1) is 0 Å². The molecule has 0 spiro atoms. The molecular weight excluding hydrogens is 386 g/mol. The minimum atomic E-state index is -2.81. The predicted molar refractivity (Wildman–Crippen MR) is 95.9 cm³/mol. The molecule has 2 fully saturated rings. The SMILES string of the molecule is NC[C@@H]1CC(F)(F)CN1Cc1ccc2c(c1)C(=O)N(C1CCC(=O)NC1=O)C2=O. The quantitative estimate of drug-likeness (QED) is 0.694. The molecule has 2 atom stereocenters. The molecule has 0 bridgehead atoms. The second-order valence-electron chi connectivity index (χ2n) is 7.68. The molecule has 3 aliphatic rings. The summed E-state index contributed by atoms with van der Waals surface area (Å²) < 4.78 is 27.4. The van der Waals surface area contributed by atoms with Gasteiger partial charge in [0.25, 0.3) is 17.7 Å². The summed E-state index contributed by atoms with van der Waals surface area (Å²) in [4.78, 5) is 51.4. The number of halogens is 2. The summed E-state index contributed by atoms with van der Waals surface area (Å²) in [6, 6.07) is 3.09. The third-order valence-electron chi connectivity index (χ3n) is 5.65. The van der Waals surface area contributed by atoms with Gasteiger partial charge >= 0.3 is 0 Å². The van der Waals surface area contributed by atoms with Gasteiger partial charge in [-0.05, 0) is 24.1 Å². The molecule has 2 saturated heterocycles. The van der Waals surface area contributed by atoms with E-state index in [1.54, 1.807) is 11.0 Å². The lowest BCUT2D eigenvalue weighted by Crippen LogP contribution is -2.54. The van der Waals surface area contributed by atoms with Crippen LogP contribution < -0.4 is 11.1 Å². The molecule has 29 heavy (non-hydrogen) atoms. The Hall–Kier alpha value is -2.72. The van der Waals surface area contributed by atoms with Crippen LogP contribution in [0.25, 0.3) is 0 Å². The highest BCUT2D eigenvalue weighted by Gasteiger charge is 2.46. The zero-order valence-corrected chi connectivity index (χ0v) is 15.5. The lowest BCUT2D eigenvalue weighted by molar-refractivity contribution is -0.136. The first-order chi connectivity index (χ1) is 13.7. The zero-order valence-electron chi connectivity index (χ0n) is 15.5. The Bertz CT molecular complexity index is 919. The minimum Gasteiger partial charge on any atom is -0.329 e. The topological polar surface area (TPSA) is 113 Å². The van der Waals surface area contributed by atoms with Gasteiger partial charge in [-0.2, -0.15) is 0 Å². The number of nitrogens with zero attached hydrogens (tertiary/aromatic N) is 2. The number of piperidine rings is 1. The van der Waals surface area contributed by atoms with Crippen LogP contribution in [0.4, 0.5) is 8.78 Å². The average Bonchev–Trinajstić information content (AvgIpc) is 3.08. The second kappa shape index (κ2) is 6.96. The Morgan fingerprint density at radius 3 is 2.55 bits per heavy atom. The monoisotopic (exact) mass is 406 g/mol. The van der Waals surface area contributed by atoms with E-state index in [9.17, 15) is 28.0 Å². The first-order valence-corrected chi connectivity index (χ1v) is 9.36. The van der Waals surface area contributed by atoms with Crippen molar-refractivity contribution in [2.75, 3.05) is 13.1 Å². The Labute approximate surface area is 165 Å². The van der Waals surface area contributed by atoms with Gasteiger partial charge in [-0.25, -0.2) is 8.78 Å². The van der Waals surface area contributed by atoms with Crippen LogP contribution >= 0.6 is 0 Å². The Morgan fingerprint density at radius 2 is 1.86 bits per heavy atom. The van der Waals surface area contributed by atoms with Gasteiger partial charge in [-0.3, -0.25) is 34.3 Å². The summed E-state index contributed by atoms with van der Waals surface area (Å²) in [7, 11) is 0. The van der Waals surface area contributed by atoms with E-state index in [0.29, 0.717) is 5.56 Å². The average molecular weight is 406 g/mol. The highest BCUT2D eigenvalue weighted by molar-refractivity contribution is 6.23. The zero-order chi connectivity index (χ0) is 20.9. The van der Waals surface area contributed by atoms with Gasteiger partial charge < -0.3 is 5.73 Å². The van der Waals surface area contributed by atoms with Crippen molar-refractivity contribution in [1.82, 2.24) is 15.1 Å². The molecule has 0 radical (unpaired) electrons. The van der Waals surface area contributed by atoms with Gasteiger partial charge in [-0.15, -0.1) is 0 Å². The molecule has 3 heterocycles. The molecule has 154 valence electrons. The molecule has 1 unspecified atom stereocenters. The van der Waals surface area contributed by atoms with Crippen molar-refractivity contribution >= 4 is 23.6 Å². The molecular formula is C19H20F2N4O4. The number of amides is 4. The number of nitrogens with two attached hydrogens (primary N) is 1. The molecule has 1 aromatic carbocycles. The largest absolute Gasteiger partial charge is 0.329 e. The molecule has 0 aliphatic carbocycles. The number of nitrogens with one attached hydrogen (secondary N) is 1. The lowest BCUT2D eigenvalue weighted by atomic mass is 10.0. The highest BCUT2D eigenvalue weighted by Crippen LogP contribution is 2.34. The molecule has 3 aliphatic heterocycles. The maximum absolute atomic E-state index is 13.7. The molecule has 3 N–H and O–H groups in total. The molecule has 4 amide bonds. The number of imide groups is 2. The fourth-order valence-corrected chi connectivity index (χ4v) is 4.23. The standard InChI is InChI=1S/C19H20F2N4O4/c20-19(21)6-11(7-22)24(9-19)8-10-1-2-12-13(5-10)18(29)25(17(12)28)14-3-4-15(26)23-16(14)27/h1-2,5,11,14H,3-4,6-9,22H2,(H,23,26,27)/t11-,14?/m0/s1. The van der Waals surface area contributed by atoms with Crippen molar-refractivity contribution in [2.45, 2.75) is 43.8 Å². The Balaban J connectivity index is 1.56. The van der Waals surface area contributed by atoms with E-state index in [2.05, 4.69) is 5.32 Å². The van der Waals surface area contributed by atoms with Gasteiger partial charge in [0.05, 0.1) is 17.7 Å². The Kier molecular flexibility index (Phi) is 4.70. The maximum Gasteiger partial charge on any atom is 0.262 e. The van der Waals surface area contributed by atoms with Crippen LogP contribution in [0.15, 0.2) is 18.2 Å². The van der Waals surface area contributed by atoms with Gasteiger partial charge in [0.15, 0.2) is 0 Å². The summed E-state index contributed by atoms with van der Waals surface area (Å²) in [5, 5.41) is 2.14. The number of likely N-dealkylation sites (tertiary alicyclic amines) is 1. The second-order valence-corrected chi connectivity index (χ2v) is 7.68. The fraction of sp³-hybridized carbons (Fsp3) is 0.474. The van der Waals surface area contributed by atoms with E-state index in [-0.39, 0.29) is 43.5 Å². The van der Waals surface area contributed by atoms with Crippen molar-refractivity contribution in [2.24, 2.45) is 5.73 Å². The van der Waals surface area contributed by atoms with Gasteiger partial charge in [0.1, 0.15) is 6.04 Å². The summed E-state index contributed by atoms with van der Waals surface area (Å²) in [6.45, 7) is -0.146. The van der Waals surface area contributed by atoms with Gasteiger partial charge in [0, 0.05) is 32.0 Å². The number of benzene rings is 1. The number of carbonyl (C=O) groups is 4. The summed E-state index contributed by atoms with van der Waals surface area (Å²) in [5.74, 6) is -5.15. The minimum absolute atomic E-state index is 0.0404. The van der Waals surface area contributed by atoms with Crippen LogP contribution in [0.3, 0.4) is 0 Å². The molecule has 4 rings (SSSR count). The number of hydrogen-bond acceptors (Lipinski definition) is 6. The normalized spacial score (nSPS) is 26.8. The van der Waals surface area contributed by atoms with Crippen molar-refractivity contribution in [3.63, 3.8) is 0 Å². The van der Waals surface area contributed by atoms with E-state index in [4.69, 9.17) is 5.73 Å². The molecule has 10 heteroatoms. The van der Waals surface area contributed by atoms with Crippen molar-refractivity contribution in [1.29, 1.82) is 0 Å². The van der Waals surface area contributed by atoms with Crippen LogP contribution in [-0.4, -0.2) is 64.5 Å². The third-order valence-corrected chi connectivity index (χ3v) is 5.65. The Morgan fingerprint density at radius 1 is 1.14 bits per heavy atom. The van der Waals surface area contributed by atoms with E-state index in [0.717, 1.165) is 4.90 Å². The van der Waals surface area contributed by atoms with E-state index in [1.165, 1.54) is 12.1 Å². The van der Waals surface area contributed by atoms with E-state index < -0.39 is 48.2 Å². The summed E-state index contributed by atoms with van der Waals surface area (Å²) in [6.07, 6.45) is -0.197. The van der Waals surface area contributed by atoms with Gasteiger partial charge in [0.2, 0.25) is 11.8 Å². The van der Waals surface area contributed by atoms with Gasteiger partial charge in [-0.1, -0.05) is 6.07 Å². The fourth-order valence-electron chi connectivity index (χ4n) is 4.23. The molecule has 1 aromatic rings. The van der Waals surface area contributed by atoms with E-state index >= 15 is 0 Å². The van der Waals surface area contributed by atoms with Crippen LogP contribution in [-0.2, 0) is 16.1 Å². The molecule has 0 aromatic heterocycles. The smallest absolute Gasteiger partial charge is 0.262 e. The predicted octanol–water partition coefficient (Wildman–Crippen LogP) is 0.256. The van der Waals surface area contributed by atoms with Crippen LogP contribution in [0.5, 0.6) is 0 Å². The number of carbonyl (C=O) groups excluding carboxylic acids is 4. The first-order valence-electron chi connectivity index (χ1n) is 9.36. The summed E-state index contributed by atoms with van der Waals surface area (Å²) in [5.41, 5.74) is 6.50. The van der Waals surface area contributed by atoms with Crippen LogP contribution in [0.1, 0.15) is 45.5 Å². The van der Waals surface area contributed by atoms with Crippen molar-refractivity contribution in [3.8, 4) is 0 Å². The number of alkyl halides is 2. The lowest BCUT2D eigenvalue weighted by Gasteiger charge is -2.27. The van der Waals surface area contributed by atoms with Crippen LogP contribution in [0.2, 0.25) is 0 Å². The highest BCUT2D eigenvalue weighted by atomic mass is 19.3. The van der Waals surface area contributed by atoms with Crippen molar-refractivity contribution < 1.29 is 28.0 Å². The third kappa shape index (κ3) is 3.42. The number of rotatable bonds is 4. The molecule has 0 saturated carbocycles. The van der Waals surface area contributed by atoms with E-state index in [1.807, 2.05) is 0 Å². The maximum atomic E-state index is 13.7.